The minimum absolute atomic E-state index is 0.225. The Morgan fingerprint density at radius 1 is 0.842 bits per heavy atom. The van der Waals surface area contributed by atoms with Crippen LogP contribution in [0.25, 0.3) is 12.2 Å². The lowest BCUT2D eigenvalue weighted by molar-refractivity contribution is 0.297. The summed E-state index contributed by atoms with van der Waals surface area (Å²) >= 11 is 0. The van der Waals surface area contributed by atoms with E-state index in [9.17, 15) is 5.26 Å². The van der Waals surface area contributed by atoms with E-state index in [2.05, 4.69) is 116 Å². The van der Waals surface area contributed by atoms with Crippen molar-refractivity contribution < 1.29 is 0 Å². The van der Waals surface area contributed by atoms with Gasteiger partial charge in [-0.15, -0.1) is 0 Å². The fourth-order valence-corrected chi connectivity index (χ4v) is 6.97. The summed E-state index contributed by atoms with van der Waals surface area (Å²) in [7, 11) is 0. The van der Waals surface area contributed by atoms with Crippen LogP contribution in [0.3, 0.4) is 0 Å². The molecular weight excluding hydrogens is 458 g/mol. The van der Waals surface area contributed by atoms with Gasteiger partial charge >= 0.3 is 0 Å². The van der Waals surface area contributed by atoms with Gasteiger partial charge in [0.1, 0.15) is 0 Å². The molecule has 38 heavy (non-hydrogen) atoms. The zero-order valence-electron chi connectivity index (χ0n) is 22.2. The molecular formula is C37H35N. The van der Waals surface area contributed by atoms with Crippen molar-refractivity contribution in [2.75, 3.05) is 0 Å². The second kappa shape index (κ2) is 10.8. The summed E-state index contributed by atoms with van der Waals surface area (Å²) in [5, 5.41) is 10.3. The smallest absolute Gasteiger partial charge is 0.0997 e. The van der Waals surface area contributed by atoms with E-state index in [4.69, 9.17) is 0 Å². The maximum Gasteiger partial charge on any atom is 0.0997 e. The molecule has 3 aromatic carbocycles. The van der Waals surface area contributed by atoms with Gasteiger partial charge in [0, 0.05) is 5.92 Å². The highest BCUT2D eigenvalue weighted by Gasteiger charge is 2.40. The van der Waals surface area contributed by atoms with Gasteiger partial charge in [0.05, 0.1) is 11.6 Å². The summed E-state index contributed by atoms with van der Waals surface area (Å²) in [6.45, 7) is 2.19. The number of nitriles is 1. The van der Waals surface area contributed by atoms with Gasteiger partial charge in [-0.1, -0.05) is 103 Å². The molecule has 0 N–H and O–H groups in total. The van der Waals surface area contributed by atoms with E-state index >= 15 is 0 Å². The molecule has 1 nitrogen and oxygen atoms in total. The van der Waals surface area contributed by atoms with Crippen LogP contribution in [0.15, 0.2) is 119 Å². The van der Waals surface area contributed by atoms with Crippen LogP contribution in [0.5, 0.6) is 0 Å². The van der Waals surface area contributed by atoms with Crippen molar-refractivity contribution >= 4 is 12.2 Å². The van der Waals surface area contributed by atoms with Crippen LogP contribution in [-0.2, 0) is 6.42 Å². The first-order valence-corrected chi connectivity index (χ1v) is 14.1. The van der Waals surface area contributed by atoms with Crippen molar-refractivity contribution in [1.29, 1.82) is 5.26 Å². The van der Waals surface area contributed by atoms with Crippen LogP contribution in [0, 0.1) is 23.2 Å². The Balaban J connectivity index is 1.32. The van der Waals surface area contributed by atoms with Crippen LogP contribution in [-0.4, -0.2) is 0 Å². The van der Waals surface area contributed by atoms with E-state index < -0.39 is 0 Å². The van der Waals surface area contributed by atoms with Crippen molar-refractivity contribution in [3.63, 3.8) is 0 Å². The SMILES string of the molecule is CC1=C(C#N)C2=Cc3ccccc3C2C(C2CCC(CC=Cc3ccccc3)CC2)=C1Cc1ccccc1. The maximum atomic E-state index is 10.3. The molecule has 0 aromatic heterocycles. The molecule has 0 aliphatic heterocycles. The Kier molecular flexibility index (Phi) is 6.98. The van der Waals surface area contributed by atoms with Crippen molar-refractivity contribution in [3.05, 3.63) is 141 Å². The molecule has 0 radical (unpaired) electrons. The number of hydrogen-bond donors (Lipinski definition) is 0. The van der Waals surface area contributed by atoms with Gasteiger partial charge in [-0.2, -0.15) is 5.26 Å². The number of rotatable bonds is 6. The van der Waals surface area contributed by atoms with E-state index in [-0.39, 0.29) is 5.92 Å². The highest BCUT2D eigenvalue weighted by molar-refractivity contribution is 5.79. The van der Waals surface area contributed by atoms with Crippen LogP contribution in [0.1, 0.15) is 67.2 Å². The van der Waals surface area contributed by atoms with E-state index in [1.165, 1.54) is 64.7 Å². The average Bonchev–Trinajstić information content (AvgIpc) is 3.34. The van der Waals surface area contributed by atoms with Gasteiger partial charge in [0.25, 0.3) is 0 Å². The quantitative estimate of drug-likeness (QED) is 0.335. The summed E-state index contributed by atoms with van der Waals surface area (Å²) in [6, 6.07) is 32.9. The Morgan fingerprint density at radius 3 is 2.26 bits per heavy atom. The molecule has 0 bridgehead atoms. The van der Waals surface area contributed by atoms with Crippen molar-refractivity contribution in [2.45, 2.75) is 51.4 Å². The summed E-state index contributed by atoms with van der Waals surface area (Å²) in [6.07, 6.45) is 14.0. The fourth-order valence-electron chi connectivity index (χ4n) is 6.97. The normalized spacial score (nSPS) is 22.7. The third kappa shape index (κ3) is 4.72. The van der Waals surface area contributed by atoms with Crippen LogP contribution in [0.4, 0.5) is 0 Å². The zero-order chi connectivity index (χ0) is 25.9. The molecule has 3 aliphatic carbocycles. The first-order valence-electron chi connectivity index (χ1n) is 14.1. The lowest BCUT2D eigenvalue weighted by Crippen LogP contribution is -2.25. The maximum absolute atomic E-state index is 10.3. The first-order chi connectivity index (χ1) is 18.7. The Bertz CT molecular complexity index is 1470. The molecule has 0 saturated heterocycles. The minimum Gasteiger partial charge on any atom is -0.192 e. The highest BCUT2D eigenvalue weighted by Crippen LogP contribution is 2.55. The Labute approximate surface area is 227 Å². The zero-order valence-corrected chi connectivity index (χ0v) is 22.2. The number of allylic oxidation sites excluding steroid dienone is 6. The molecule has 6 rings (SSSR count). The predicted octanol–water partition coefficient (Wildman–Crippen LogP) is 9.47. The Morgan fingerprint density at radius 2 is 1.53 bits per heavy atom. The third-order valence-electron chi connectivity index (χ3n) is 8.91. The molecule has 1 unspecified atom stereocenters. The molecule has 3 aromatic rings. The summed E-state index contributed by atoms with van der Waals surface area (Å²) < 4.78 is 0. The molecule has 0 spiro atoms. The summed E-state index contributed by atoms with van der Waals surface area (Å²) in [4.78, 5) is 0. The molecule has 188 valence electrons. The largest absolute Gasteiger partial charge is 0.192 e. The minimum atomic E-state index is 0.225. The summed E-state index contributed by atoms with van der Waals surface area (Å²) in [5.41, 5.74) is 11.6. The topological polar surface area (TPSA) is 23.8 Å². The van der Waals surface area contributed by atoms with Gasteiger partial charge in [-0.25, -0.2) is 0 Å². The van der Waals surface area contributed by atoms with Gasteiger partial charge in [0.2, 0.25) is 0 Å². The molecule has 1 fully saturated rings. The second-order valence-corrected chi connectivity index (χ2v) is 11.1. The van der Waals surface area contributed by atoms with Crippen LogP contribution >= 0.6 is 0 Å². The highest BCUT2D eigenvalue weighted by atomic mass is 14.4. The predicted molar refractivity (Wildman–Crippen MR) is 158 cm³/mol. The lowest BCUT2D eigenvalue weighted by atomic mass is 9.65. The number of nitrogens with zero attached hydrogens (tertiary/aromatic N) is 1. The molecule has 0 amide bonds. The molecule has 3 aliphatic rings. The van der Waals surface area contributed by atoms with Crippen molar-refractivity contribution in [3.8, 4) is 6.07 Å². The standard InChI is InChI=1S/C37H35N/c1-26-33(23-29-13-6-3-7-14-29)36(37-32-18-9-8-17-31(32)24-34(37)35(26)25-38)30-21-19-28(20-22-30)16-10-15-27-11-4-2-5-12-27/h2-15,17-18,24,28,30,37H,16,19-23H2,1H3. The monoisotopic (exact) mass is 493 g/mol. The number of fused-ring (bicyclic) bond motifs is 3. The third-order valence-corrected chi connectivity index (χ3v) is 8.91. The van der Waals surface area contributed by atoms with Gasteiger partial charge in [-0.05, 0) is 102 Å². The molecule has 1 saturated carbocycles. The van der Waals surface area contributed by atoms with E-state index in [0.717, 1.165) is 24.3 Å². The van der Waals surface area contributed by atoms with Gasteiger partial charge < -0.3 is 0 Å². The van der Waals surface area contributed by atoms with Gasteiger partial charge in [-0.3, -0.25) is 0 Å². The van der Waals surface area contributed by atoms with Crippen molar-refractivity contribution in [2.24, 2.45) is 11.8 Å². The molecule has 1 atom stereocenters. The van der Waals surface area contributed by atoms with E-state index in [1.807, 2.05) is 0 Å². The van der Waals surface area contributed by atoms with Crippen molar-refractivity contribution in [1.82, 2.24) is 0 Å². The lowest BCUT2D eigenvalue weighted by Gasteiger charge is -2.38. The Hall–Kier alpha value is -3.89. The van der Waals surface area contributed by atoms with Crippen LogP contribution in [0.2, 0.25) is 0 Å². The average molecular weight is 494 g/mol. The fraction of sp³-hybridized carbons (Fsp3) is 0.270. The first kappa shape index (κ1) is 24.4. The summed E-state index contributed by atoms with van der Waals surface area (Å²) in [5.74, 6) is 1.55. The van der Waals surface area contributed by atoms with Gasteiger partial charge in [0.15, 0.2) is 0 Å². The molecule has 0 heterocycles. The molecule has 1 heteroatoms. The van der Waals surface area contributed by atoms with Crippen LogP contribution < -0.4 is 0 Å². The van der Waals surface area contributed by atoms with E-state index in [1.54, 1.807) is 5.57 Å². The number of hydrogen-bond acceptors (Lipinski definition) is 1. The number of benzene rings is 3. The van der Waals surface area contributed by atoms with E-state index in [0.29, 0.717) is 5.92 Å². The second-order valence-electron chi connectivity index (χ2n) is 11.1.